The van der Waals surface area contributed by atoms with E-state index in [0.717, 1.165) is 31.6 Å². The predicted molar refractivity (Wildman–Crippen MR) is 81.6 cm³/mol. The van der Waals surface area contributed by atoms with Gasteiger partial charge in [0.25, 0.3) is 0 Å². The Morgan fingerprint density at radius 3 is 2.52 bits per heavy atom. The van der Waals surface area contributed by atoms with Crippen molar-refractivity contribution in [3.63, 3.8) is 0 Å². The highest BCUT2D eigenvalue weighted by atomic mass is 32.2. The predicted octanol–water partition coefficient (Wildman–Crippen LogP) is 1.02. The number of sulfonamides is 1. The summed E-state index contributed by atoms with van der Waals surface area (Å²) in [6, 6.07) is 7.02. The van der Waals surface area contributed by atoms with E-state index in [4.69, 9.17) is 0 Å². The number of rotatable bonds is 4. The number of likely N-dealkylation sites (tertiary alicyclic amines) is 1. The Labute approximate surface area is 125 Å². The highest BCUT2D eigenvalue weighted by molar-refractivity contribution is 7.89. The molecule has 0 saturated carbocycles. The van der Waals surface area contributed by atoms with Gasteiger partial charge in [0.15, 0.2) is 0 Å². The number of hydrogen-bond donors (Lipinski definition) is 2. The summed E-state index contributed by atoms with van der Waals surface area (Å²) in [7, 11) is -2.03. The van der Waals surface area contributed by atoms with Crippen LogP contribution in [0.2, 0.25) is 0 Å². The molecule has 0 radical (unpaired) electrons. The minimum absolute atomic E-state index is 0.107. The minimum Gasteiger partial charge on any atom is -0.382 e. The molecule has 1 aliphatic rings. The zero-order valence-corrected chi connectivity index (χ0v) is 13.1. The maximum Gasteiger partial charge on any atom is 0.240 e. The first kappa shape index (κ1) is 15.8. The average Bonchev–Trinajstić information content (AvgIpc) is 2.48. The first-order valence-electron chi connectivity index (χ1n) is 6.98. The molecule has 0 atom stereocenters. The first-order chi connectivity index (χ1) is 9.92. The molecule has 0 aromatic heterocycles. The van der Waals surface area contributed by atoms with Gasteiger partial charge < -0.3 is 10.2 Å². The molecular weight excluding hydrogens is 290 g/mol. The second-order valence-electron chi connectivity index (χ2n) is 5.16. The van der Waals surface area contributed by atoms with Crippen molar-refractivity contribution >= 4 is 21.6 Å². The maximum absolute atomic E-state index is 11.8. The Morgan fingerprint density at radius 2 is 1.95 bits per heavy atom. The molecule has 0 bridgehead atoms. The molecule has 1 heterocycles. The van der Waals surface area contributed by atoms with Crippen molar-refractivity contribution in [1.29, 1.82) is 0 Å². The summed E-state index contributed by atoms with van der Waals surface area (Å²) in [4.78, 5) is 13.4. The lowest BCUT2D eigenvalue weighted by Crippen LogP contribution is -2.41. The fourth-order valence-corrected chi connectivity index (χ4v) is 3.22. The topological polar surface area (TPSA) is 78.5 Å². The quantitative estimate of drug-likeness (QED) is 0.870. The lowest BCUT2D eigenvalue weighted by molar-refractivity contribution is -0.129. The van der Waals surface area contributed by atoms with Gasteiger partial charge in [0.05, 0.1) is 4.90 Å². The van der Waals surface area contributed by atoms with Crippen LogP contribution < -0.4 is 10.0 Å². The van der Waals surface area contributed by atoms with Crippen molar-refractivity contribution < 1.29 is 13.2 Å². The van der Waals surface area contributed by atoms with Gasteiger partial charge in [-0.05, 0) is 38.1 Å². The van der Waals surface area contributed by atoms with E-state index in [9.17, 15) is 13.2 Å². The minimum atomic E-state index is -3.42. The Hall–Kier alpha value is -1.60. The Morgan fingerprint density at radius 1 is 1.29 bits per heavy atom. The van der Waals surface area contributed by atoms with Crippen molar-refractivity contribution in [2.75, 3.05) is 25.5 Å². The number of carbonyl (C=O) groups is 1. The van der Waals surface area contributed by atoms with Gasteiger partial charge in [0, 0.05) is 31.7 Å². The highest BCUT2D eigenvalue weighted by Crippen LogP contribution is 2.19. The Balaban J connectivity index is 2.02. The molecule has 0 aliphatic carbocycles. The largest absolute Gasteiger partial charge is 0.382 e. The normalized spacial score (nSPS) is 16.8. The zero-order chi connectivity index (χ0) is 15.5. The molecule has 1 saturated heterocycles. The molecule has 0 unspecified atom stereocenters. The number of piperidine rings is 1. The third kappa shape index (κ3) is 3.95. The van der Waals surface area contributed by atoms with Crippen molar-refractivity contribution in [3.8, 4) is 0 Å². The summed E-state index contributed by atoms with van der Waals surface area (Å²) < 4.78 is 25.9. The van der Waals surface area contributed by atoms with Crippen LogP contribution in [-0.2, 0) is 14.8 Å². The van der Waals surface area contributed by atoms with Crippen molar-refractivity contribution in [3.05, 3.63) is 24.3 Å². The number of carbonyl (C=O) groups excluding carboxylic acids is 1. The molecule has 1 fully saturated rings. The van der Waals surface area contributed by atoms with E-state index in [2.05, 4.69) is 10.0 Å². The van der Waals surface area contributed by atoms with Gasteiger partial charge in [0.2, 0.25) is 15.9 Å². The van der Waals surface area contributed by atoms with Crippen molar-refractivity contribution in [1.82, 2.24) is 9.62 Å². The van der Waals surface area contributed by atoms with Crippen LogP contribution in [0.25, 0.3) is 0 Å². The van der Waals surface area contributed by atoms with Gasteiger partial charge in [-0.1, -0.05) is 6.07 Å². The van der Waals surface area contributed by atoms with Crippen LogP contribution in [0.4, 0.5) is 5.69 Å². The molecule has 1 aromatic rings. The molecule has 2 rings (SSSR count). The lowest BCUT2D eigenvalue weighted by Gasteiger charge is -2.32. The number of amides is 1. The van der Waals surface area contributed by atoms with Crippen LogP contribution in [-0.4, -0.2) is 45.4 Å². The van der Waals surface area contributed by atoms with E-state index in [0.29, 0.717) is 0 Å². The van der Waals surface area contributed by atoms with Crippen LogP contribution in [0.5, 0.6) is 0 Å². The lowest BCUT2D eigenvalue weighted by atomic mass is 10.0. The smallest absolute Gasteiger partial charge is 0.240 e. The third-order valence-corrected chi connectivity index (χ3v) is 5.14. The standard InChI is InChI=1S/C14H21N3O3S/c1-11(18)17-8-6-12(7-9-17)16-13-4-3-5-14(10-13)21(19,20)15-2/h3-5,10,12,15-16H,6-9H2,1-2H3. The van der Waals surface area contributed by atoms with E-state index < -0.39 is 10.0 Å². The second-order valence-corrected chi connectivity index (χ2v) is 7.05. The van der Waals surface area contributed by atoms with Gasteiger partial charge in [-0.2, -0.15) is 0 Å². The first-order valence-corrected chi connectivity index (χ1v) is 8.46. The van der Waals surface area contributed by atoms with E-state index in [1.165, 1.54) is 7.05 Å². The van der Waals surface area contributed by atoms with Gasteiger partial charge >= 0.3 is 0 Å². The summed E-state index contributed by atoms with van der Waals surface area (Å²) in [5, 5.41) is 3.35. The second kappa shape index (κ2) is 6.44. The van der Waals surface area contributed by atoms with E-state index in [1.807, 2.05) is 11.0 Å². The fourth-order valence-electron chi connectivity index (χ4n) is 2.45. The SMILES string of the molecule is CNS(=O)(=O)c1cccc(NC2CCN(C(C)=O)CC2)c1. The van der Waals surface area contributed by atoms with Crippen molar-refractivity contribution in [2.45, 2.75) is 30.7 Å². The van der Waals surface area contributed by atoms with E-state index >= 15 is 0 Å². The summed E-state index contributed by atoms with van der Waals surface area (Å²) >= 11 is 0. The molecule has 0 spiro atoms. The monoisotopic (exact) mass is 311 g/mol. The number of hydrogen-bond acceptors (Lipinski definition) is 4. The van der Waals surface area contributed by atoms with Gasteiger partial charge in [0.1, 0.15) is 0 Å². The summed E-state index contributed by atoms with van der Waals surface area (Å²) in [5.74, 6) is 0.107. The molecule has 6 nitrogen and oxygen atoms in total. The van der Waals surface area contributed by atoms with Crippen molar-refractivity contribution in [2.24, 2.45) is 0 Å². The van der Waals surface area contributed by atoms with Crippen LogP contribution in [0, 0.1) is 0 Å². The molecule has 2 N–H and O–H groups in total. The maximum atomic E-state index is 11.8. The summed E-state index contributed by atoms with van der Waals surface area (Å²) in [6.45, 7) is 3.06. The molecule has 7 heteroatoms. The average molecular weight is 311 g/mol. The van der Waals surface area contributed by atoms with Crippen LogP contribution >= 0.6 is 0 Å². The third-order valence-electron chi connectivity index (χ3n) is 3.72. The van der Waals surface area contributed by atoms with Crippen LogP contribution in [0.3, 0.4) is 0 Å². The summed E-state index contributed by atoms with van der Waals surface area (Å²) in [5.41, 5.74) is 0.785. The van der Waals surface area contributed by atoms with E-state index in [1.54, 1.807) is 25.1 Å². The number of nitrogens with zero attached hydrogens (tertiary/aromatic N) is 1. The number of benzene rings is 1. The molecule has 1 aliphatic heterocycles. The molecule has 21 heavy (non-hydrogen) atoms. The zero-order valence-electron chi connectivity index (χ0n) is 12.3. The highest BCUT2D eigenvalue weighted by Gasteiger charge is 2.21. The summed E-state index contributed by atoms with van der Waals surface area (Å²) in [6.07, 6.45) is 1.73. The molecule has 1 aromatic carbocycles. The molecule has 1 amide bonds. The van der Waals surface area contributed by atoms with Gasteiger partial charge in [-0.15, -0.1) is 0 Å². The Kier molecular flexibility index (Phi) is 4.84. The Bertz CT molecular complexity index is 608. The fraction of sp³-hybridized carbons (Fsp3) is 0.500. The van der Waals surface area contributed by atoms with E-state index in [-0.39, 0.29) is 16.8 Å². The van der Waals surface area contributed by atoms with Crippen LogP contribution in [0.1, 0.15) is 19.8 Å². The van der Waals surface area contributed by atoms with Gasteiger partial charge in [-0.25, -0.2) is 13.1 Å². The number of nitrogens with one attached hydrogen (secondary N) is 2. The molecule has 116 valence electrons. The number of anilines is 1. The molecular formula is C14H21N3O3S. The van der Waals surface area contributed by atoms with Crippen LogP contribution in [0.15, 0.2) is 29.2 Å². The van der Waals surface area contributed by atoms with Gasteiger partial charge in [-0.3, -0.25) is 4.79 Å².